The lowest BCUT2D eigenvalue weighted by atomic mass is 10.2. The Labute approximate surface area is 153 Å². The molecule has 138 valence electrons. The second-order valence-corrected chi connectivity index (χ2v) is 5.86. The molecule has 0 saturated carbocycles. The van der Waals surface area contributed by atoms with Crippen LogP contribution in [0.3, 0.4) is 0 Å². The van der Waals surface area contributed by atoms with Crippen molar-refractivity contribution < 1.29 is 19.1 Å². The summed E-state index contributed by atoms with van der Waals surface area (Å²) in [6.07, 6.45) is 0.0177. The highest BCUT2D eigenvalue weighted by atomic mass is 16.5. The van der Waals surface area contributed by atoms with E-state index in [9.17, 15) is 9.59 Å². The number of esters is 1. The van der Waals surface area contributed by atoms with Crippen LogP contribution in [-0.4, -0.2) is 31.1 Å². The van der Waals surface area contributed by atoms with E-state index in [-0.39, 0.29) is 24.5 Å². The zero-order valence-corrected chi connectivity index (χ0v) is 15.2. The van der Waals surface area contributed by atoms with Crippen LogP contribution in [0.5, 0.6) is 5.75 Å². The van der Waals surface area contributed by atoms with Crippen molar-refractivity contribution in [3.8, 4) is 5.75 Å². The summed E-state index contributed by atoms with van der Waals surface area (Å²) in [4.78, 5) is 23.8. The fourth-order valence-corrected chi connectivity index (χ4v) is 2.24. The van der Waals surface area contributed by atoms with Gasteiger partial charge in [-0.15, -0.1) is 0 Å². The Morgan fingerprint density at radius 3 is 2.38 bits per heavy atom. The first-order valence-corrected chi connectivity index (χ1v) is 8.56. The number of benzene rings is 2. The van der Waals surface area contributed by atoms with Gasteiger partial charge in [0.25, 0.3) is 0 Å². The van der Waals surface area contributed by atoms with Gasteiger partial charge < -0.3 is 20.1 Å². The minimum absolute atomic E-state index is 0.0177. The molecule has 0 atom stereocenters. The van der Waals surface area contributed by atoms with Gasteiger partial charge >= 0.3 is 5.97 Å². The highest BCUT2D eigenvalue weighted by Crippen LogP contribution is 2.24. The number of ether oxygens (including phenoxy) is 2. The second-order valence-electron chi connectivity index (χ2n) is 5.86. The Bertz CT molecular complexity index is 742. The van der Waals surface area contributed by atoms with Crippen molar-refractivity contribution in [2.24, 2.45) is 0 Å². The Morgan fingerprint density at radius 1 is 1.04 bits per heavy atom. The fraction of sp³-hybridized carbons (Fsp3) is 0.300. The number of amides is 1. The van der Waals surface area contributed by atoms with Crippen molar-refractivity contribution in [2.45, 2.75) is 26.9 Å². The molecule has 2 rings (SSSR count). The SMILES string of the molecule is CCOC(=O)c1ccc(NCC(=O)Nc2ccccc2OC(C)C)cc1. The van der Waals surface area contributed by atoms with E-state index in [2.05, 4.69) is 10.6 Å². The van der Waals surface area contributed by atoms with Crippen molar-refractivity contribution in [2.75, 3.05) is 23.8 Å². The van der Waals surface area contributed by atoms with E-state index in [1.807, 2.05) is 32.0 Å². The third-order valence-corrected chi connectivity index (χ3v) is 3.37. The summed E-state index contributed by atoms with van der Waals surface area (Å²) in [6, 6.07) is 14.1. The molecule has 1 amide bonds. The first-order chi connectivity index (χ1) is 12.5. The quantitative estimate of drug-likeness (QED) is 0.705. The van der Waals surface area contributed by atoms with Crippen LogP contribution < -0.4 is 15.4 Å². The van der Waals surface area contributed by atoms with Gasteiger partial charge in [-0.1, -0.05) is 12.1 Å². The van der Waals surface area contributed by atoms with Gasteiger partial charge in [-0.3, -0.25) is 4.79 Å². The Kier molecular flexibility index (Phi) is 7.02. The van der Waals surface area contributed by atoms with Gasteiger partial charge in [0.1, 0.15) is 5.75 Å². The lowest BCUT2D eigenvalue weighted by molar-refractivity contribution is -0.114. The van der Waals surface area contributed by atoms with Crippen LogP contribution in [0, 0.1) is 0 Å². The Balaban J connectivity index is 1.90. The van der Waals surface area contributed by atoms with Crippen LogP contribution in [0.25, 0.3) is 0 Å². The first-order valence-electron chi connectivity index (χ1n) is 8.56. The summed E-state index contributed by atoms with van der Waals surface area (Å²) in [6.45, 7) is 6.05. The van der Waals surface area contributed by atoms with Crippen LogP contribution in [-0.2, 0) is 9.53 Å². The van der Waals surface area contributed by atoms with Crippen LogP contribution in [0.2, 0.25) is 0 Å². The molecule has 26 heavy (non-hydrogen) atoms. The molecule has 0 aliphatic carbocycles. The molecule has 0 aromatic heterocycles. The summed E-state index contributed by atoms with van der Waals surface area (Å²) < 4.78 is 10.6. The van der Waals surface area contributed by atoms with Crippen LogP contribution in [0.15, 0.2) is 48.5 Å². The fourth-order valence-electron chi connectivity index (χ4n) is 2.24. The molecule has 6 nitrogen and oxygen atoms in total. The molecular weight excluding hydrogens is 332 g/mol. The topological polar surface area (TPSA) is 76.7 Å². The number of para-hydroxylation sites is 2. The minimum atomic E-state index is -0.362. The van der Waals surface area contributed by atoms with E-state index in [0.717, 1.165) is 5.69 Å². The van der Waals surface area contributed by atoms with Gasteiger partial charge in [0, 0.05) is 5.69 Å². The highest BCUT2D eigenvalue weighted by molar-refractivity contribution is 5.95. The average Bonchev–Trinajstić information content (AvgIpc) is 2.62. The van der Waals surface area contributed by atoms with Crippen LogP contribution in [0.4, 0.5) is 11.4 Å². The van der Waals surface area contributed by atoms with Crippen molar-refractivity contribution >= 4 is 23.3 Å². The van der Waals surface area contributed by atoms with Crippen molar-refractivity contribution in [3.63, 3.8) is 0 Å². The molecule has 0 fully saturated rings. The van der Waals surface area contributed by atoms with E-state index < -0.39 is 0 Å². The van der Waals surface area contributed by atoms with Gasteiger partial charge in [-0.25, -0.2) is 4.79 Å². The molecule has 0 heterocycles. The standard InChI is InChI=1S/C20H24N2O4/c1-4-25-20(24)15-9-11-16(12-10-15)21-13-19(23)22-17-7-5-6-8-18(17)26-14(2)3/h5-12,14,21H,4,13H2,1-3H3,(H,22,23). The summed E-state index contributed by atoms with van der Waals surface area (Å²) in [5.41, 5.74) is 1.84. The second kappa shape index (κ2) is 9.46. The molecule has 0 saturated heterocycles. The lowest BCUT2D eigenvalue weighted by Crippen LogP contribution is -2.22. The number of hydrogen-bond donors (Lipinski definition) is 2. The number of hydrogen-bond acceptors (Lipinski definition) is 5. The lowest BCUT2D eigenvalue weighted by Gasteiger charge is -2.15. The molecular formula is C20H24N2O4. The normalized spacial score (nSPS) is 10.3. The molecule has 0 aliphatic rings. The maximum Gasteiger partial charge on any atom is 0.338 e. The number of carbonyl (C=O) groups excluding carboxylic acids is 2. The molecule has 2 N–H and O–H groups in total. The predicted octanol–water partition coefficient (Wildman–Crippen LogP) is 3.70. The van der Waals surface area contributed by atoms with Crippen molar-refractivity contribution in [1.82, 2.24) is 0 Å². The number of carbonyl (C=O) groups is 2. The Morgan fingerprint density at radius 2 is 1.73 bits per heavy atom. The van der Waals surface area contributed by atoms with Crippen LogP contribution >= 0.6 is 0 Å². The highest BCUT2D eigenvalue weighted by Gasteiger charge is 2.09. The van der Waals surface area contributed by atoms with E-state index in [4.69, 9.17) is 9.47 Å². The molecule has 0 unspecified atom stereocenters. The number of anilines is 2. The summed E-state index contributed by atoms with van der Waals surface area (Å²) in [7, 11) is 0. The maximum atomic E-state index is 12.2. The number of nitrogens with one attached hydrogen (secondary N) is 2. The minimum Gasteiger partial charge on any atom is -0.489 e. The summed E-state index contributed by atoms with van der Waals surface area (Å²) >= 11 is 0. The summed E-state index contributed by atoms with van der Waals surface area (Å²) in [5.74, 6) is 0.0764. The molecule has 0 radical (unpaired) electrons. The van der Waals surface area contributed by atoms with E-state index in [1.54, 1.807) is 37.3 Å². The van der Waals surface area contributed by atoms with Gasteiger partial charge in [-0.05, 0) is 57.2 Å². The predicted molar refractivity (Wildman–Crippen MR) is 102 cm³/mol. The van der Waals surface area contributed by atoms with Gasteiger partial charge in [0.2, 0.25) is 5.91 Å². The molecule has 0 bridgehead atoms. The molecule has 6 heteroatoms. The molecule has 2 aromatic carbocycles. The monoisotopic (exact) mass is 356 g/mol. The molecule has 0 spiro atoms. The smallest absolute Gasteiger partial charge is 0.338 e. The average molecular weight is 356 g/mol. The van der Waals surface area contributed by atoms with Gasteiger partial charge in [0.05, 0.1) is 30.5 Å². The van der Waals surface area contributed by atoms with Crippen LogP contribution in [0.1, 0.15) is 31.1 Å². The zero-order valence-electron chi connectivity index (χ0n) is 15.2. The number of rotatable bonds is 8. The van der Waals surface area contributed by atoms with E-state index in [0.29, 0.717) is 23.6 Å². The zero-order chi connectivity index (χ0) is 18.9. The first kappa shape index (κ1) is 19.3. The largest absolute Gasteiger partial charge is 0.489 e. The van der Waals surface area contributed by atoms with E-state index >= 15 is 0 Å². The van der Waals surface area contributed by atoms with Gasteiger partial charge in [-0.2, -0.15) is 0 Å². The molecule has 2 aromatic rings. The third-order valence-electron chi connectivity index (χ3n) is 3.37. The van der Waals surface area contributed by atoms with E-state index in [1.165, 1.54) is 0 Å². The summed E-state index contributed by atoms with van der Waals surface area (Å²) in [5, 5.41) is 5.85. The third kappa shape index (κ3) is 5.81. The van der Waals surface area contributed by atoms with Crippen molar-refractivity contribution in [3.05, 3.63) is 54.1 Å². The van der Waals surface area contributed by atoms with Gasteiger partial charge in [0.15, 0.2) is 0 Å². The Hall–Kier alpha value is -3.02. The molecule has 0 aliphatic heterocycles. The maximum absolute atomic E-state index is 12.2. The van der Waals surface area contributed by atoms with Crippen molar-refractivity contribution in [1.29, 1.82) is 0 Å².